The average molecular weight is 246 g/mol. The molecular formula is C12H26N2O3. The zero-order valence-corrected chi connectivity index (χ0v) is 11.7. The van der Waals surface area contributed by atoms with E-state index in [0.717, 1.165) is 0 Å². The summed E-state index contributed by atoms with van der Waals surface area (Å²) in [6.45, 7) is 10.9. The second kappa shape index (κ2) is 5.69. The summed E-state index contributed by atoms with van der Waals surface area (Å²) in [6.07, 6.45) is -0.537. The zero-order valence-electron chi connectivity index (χ0n) is 11.7. The van der Waals surface area contributed by atoms with E-state index in [9.17, 15) is 9.90 Å². The summed E-state index contributed by atoms with van der Waals surface area (Å²) in [5, 5.41) is 12.8. The lowest BCUT2D eigenvalue weighted by Crippen LogP contribution is -2.58. The smallest absolute Gasteiger partial charge is 0.407 e. The van der Waals surface area contributed by atoms with Crippen LogP contribution in [0.1, 0.15) is 41.5 Å². The number of carbonyl (C=O) groups is 1. The Kier molecular flexibility index (Phi) is 5.42. The van der Waals surface area contributed by atoms with Crippen molar-refractivity contribution >= 4 is 6.09 Å². The van der Waals surface area contributed by atoms with Gasteiger partial charge in [0.15, 0.2) is 0 Å². The molecule has 0 aromatic rings. The van der Waals surface area contributed by atoms with Crippen molar-refractivity contribution in [3.63, 3.8) is 0 Å². The molecule has 0 fully saturated rings. The van der Waals surface area contributed by atoms with Crippen molar-refractivity contribution < 1.29 is 14.6 Å². The molecule has 0 aliphatic carbocycles. The van der Waals surface area contributed by atoms with Gasteiger partial charge in [-0.2, -0.15) is 0 Å². The summed E-state index contributed by atoms with van der Waals surface area (Å²) in [5.74, 6) is 0.0565. The Bertz CT molecular complexity index is 257. The third-order valence-electron chi connectivity index (χ3n) is 2.42. The van der Waals surface area contributed by atoms with E-state index in [4.69, 9.17) is 10.5 Å². The van der Waals surface area contributed by atoms with E-state index in [1.54, 1.807) is 27.7 Å². The number of hydrogen-bond acceptors (Lipinski definition) is 4. The van der Waals surface area contributed by atoms with Gasteiger partial charge in [0, 0.05) is 6.54 Å². The number of nitrogens with one attached hydrogen (secondary N) is 1. The molecule has 4 N–H and O–H groups in total. The van der Waals surface area contributed by atoms with Gasteiger partial charge in [0.25, 0.3) is 0 Å². The molecule has 0 heterocycles. The number of rotatable bonds is 4. The Morgan fingerprint density at radius 3 is 2.12 bits per heavy atom. The SMILES string of the molecule is CC(C)[C@H](NC(=O)OC(C)(C)C)[C@](C)(O)CN. The van der Waals surface area contributed by atoms with Crippen molar-refractivity contribution in [1.29, 1.82) is 0 Å². The number of amides is 1. The summed E-state index contributed by atoms with van der Waals surface area (Å²) in [5.41, 5.74) is 3.80. The summed E-state index contributed by atoms with van der Waals surface area (Å²) in [7, 11) is 0. The van der Waals surface area contributed by atoms with Crippen molar-refractivity contribution in [3.05, 3.63) is 0 Å². The predicted molar refractivity (Wildman–Crippen MR) is 67.7 cm³/mol. The molecule has 17 heavy (non-hydrogen) atoms. The highest BCUT2D eigenvalue weighted by molar-refractivity contribution is 5.68. The van der Waals surface area contributed by atoms with Crippen LogP contribution in [-0.4, -0.2) is 35.0 Å². The lowest BCUT2D eigenvalue weighted by atomic mass is 9.88. The third-order valence-corrected chi connectivity index (χ3v) is 2.42. The van der Waals surface area contributed by atoms with E-state index in [-0.39, 0.29) is 12.5 Å². The van der Waals surface area contributed by atoms with Crippen LogP contribution in [0.4, 0.5) is 4.79 Å². The molecule has 0 unspecified atom stereocenters. The lowest BCUT2D eigenvalue weighted by molar-refractivity contribution is -0.00137. The first-order valence-electron chi connectivity index (χ1n) is 5.91. The number of hydrogen-bond donors (Lipinski definition) is 3. The largest absolute Gasteiger partial charge is 0.444 e. The maximum Gasteiger partial charge on any atom is 0.407 e. The monoisotopic (exact) mass is 246 g/mol. The van der Waals surface area contributed by atoms with Crippen LogP contribution in [0.15, 0.2) is 0 Å². The quantitative estimate of drug-likeness (QED) is 0.697. The number of carbonyl (C=O) groups excluding carboxylic acids is 1. The molecule has 0 aliphatic heterocycles. The van der Waals surface area contributed by atoms with Crippen molar-refractivity contribution in [3.8, 4) is 0 Å². The lowest BCUT2D eigenvalue weighted by Gasteiger charge is -2.35. The van der Waals surface area contributed by atoms with Gasteiger partial charge in [-0.25, -0.2) is 4.79 Å². The van der Waals surface area contributed by atoms with Crippen LogP contribution < -0.4 is 11.1 Å². The second-order valence-corrected chi connectivity index (χ2v) is 5.93. The molecule has 0 aromatic carbocycles. The summed E-state index contributed by atoms with van der Waals surface area (Å²) < 4.78 is 5.16. The summed E-state index contributed by atoms with van der Waals surface area (Å²) in [6, 6.07) is -0.442. The van der Waals surface area contributed by atoms with Gasteiger partial charge in [-0.3, -0.25) is 0 Å². The molecule has 1 amide bonds. The summed E-state index contributed by atoms with van der Waals surface area (Å²) >= 11 is 0. The van der Waals surface area contributed by atoms with Gasteiger partial charge in [0.05, 0.1) is 11.6 Å². The van der Waals surface area contributed by atoms with Crippen LogP contribution in [0.25, 0.3) is 0 Å². The maximum atomic E-state index is 11.7. The second-order valence-electron chi connectivity index (χ2n) is 5.93. The average Bonchev–Trinajstić information content (AvgIpc) is 2.10. The van der Waals surface area contributed by atoms with Crippen molar-refractivity contribution in [2.75, 3.05) is 6.54 Å². The number of ether oxygens (including phenoxy) is 1. The number of aliphatic hydroxyl groups is 1. The van der Waals surface area contributed by atoms with Gasteiger partial charge in [-0.05, 0) is 33.6 Å². The van der Waals surface area contributed by atoms with Crippen molar-refractivity contribution in [2.45, 2.75) is 58.8 Å². The van der Waals surface area contributed by atoms with E-state index in [1.165, 1.54) is 0 Å². The van der Waals surface area contributed by atoms with Gasteiger partial charge < -0.3 is 20.9 Å². The van der Waals surface area contributed by atoms with Gasteiger partial charge in [-0.15, -0.1) is 0 Å². The van der Waals surface area contributed by atoms with E-state index in [0.29, 0.717) is 0 Å². The fourth-order valence-electron chi connectivity index (χ4n) is 1.60. The molecule has 0 saturated heterocycles. The molecule has 102 valence electrons. The van der Waals surface area contributed by atoms with Gasteiger partial charge in [0.2, 0.25) is 0 Å². The molecule has 2 atom stereocenters. The fraction of sp³-hybridized carbons (Fsp3) is 0.917. The van der Waals surface area contributed by atoms with Crippen LogP contribution in [0.3, 0.4) is 0 Å². The molecule has 0 aromatic heterocycles. The predicted octanol–water partition coefficient (Wildman–Crippen LogP) is 1.25. The highest BCUT2D eigenvalue weighted by Crippen LogP contribution is 2.17. The van der Waals surface area contributed by atoms with Gasteiger partial charge in [-0.1, -0.05) is 13.8 Å². The minimum Gasteiger partial charge on any atom is -0.444 e. The minimum absolute atomic E-state index is 0.0565. The van der Waals surface area contributed by atoms with E-state index < -0.39 is 23.3 Å². The van der Waals surface area contributed by atoms with Crippen LogP contribution in [0, 0.1) is 5.92 Å². The standard InChI is InChI=1S/C12H26N2O3/c1-8(2)9(12(6,16)7-13)14-10(15)17-11(3,4)5/h8-9,16H,7,13H2,1-6H3,(H,14,15)/t9-,12+/m0/s1. The van der Waals surface area contributed by atoms with Gasteiger partial charge >= 0.3 is 6.09 Å². The molecular weight excluding hydrogens is 220 g/mol. The van der Waals surface area contributed by atoms with Crippen LogP contribution in [0.2, 0.25) is 0 Å². The van der Waals surface area contributed by atoms with Crippen LogP contribution in [-0.2, 0) is 4.74 Å². The van der Waals surface area contributed by atoms with Gasteiger partial charge in [0.1, 0.15) is 5.60 Å². The Hall–Kier alpha value is -0.810. The number of alkyl carbamates (subject to hydrolysis) is 1. The number of nitrogens with two attached hydrogens (primary N) is 1. The highest BCUT2D eigenvalue weighted by Gasteiger charge is 2.35. The topological polar surface area (TPSA) is 84.6 Å². The molecule has 0 aliphatic rings. The Balaban J connectivity index is 4.63. The Morgan fingerprint density at radius 2 is 1.82 bits per heavy atom. The fourth-order valence-corrected chi connectivity index (χ4v) is 1.60. The molecule has 0 radical (unpaired) electrons. The normalized spacial score (nSPS) is 17.5. The molecule has 5 heteroatoms. The minimum atomic E-state index is -1.15. The molecule has 0 saturated carbocycles. The van der Waals surface area contributed by atoms with E-state index >= 15 is 0 Å². The molecule has 0 rings (SSSR count). The molecule has 0 bridgehead atoms. The zero-order chi connectivity index (χ0) is 13.9. The third kappa shape index (κ3) is 5.89. The first kappa shape index (κ1) is 16.2. The molecule has 5 nitrogen and oxygen atoms in total. The molecule has 0 spiro atoms. The van der Waals surface area contributed by atoms with Crippen LogP contribution >= 0.6 is 0 Å². The Labute approximate surface area is 104 Å². The first-order valence-corrected chi connectivity index (χ1v) is 5.91. The van der Waals surface area contributed by atoms with E-state index in [1.807, 2.05) is 13.8 Å². The van der Waals surface area contributed by atoms with Crippen LogP contribution in [0.5, 0.6) is 0 Å². The highest BCUT2D eigenvalue weighted by atomic mass is 16.6. The first-order chi connectivity index (χ1) is 7.49. The maximum absolute atomic E-state index is 11.7. The van der Waals surface area contributed by atoms with E-state index in [2.05, 4.69) is 5.32 Å². The summed E-state index contributed by atoms with van der Waals surface area (Å²) in [4.78, 5) is 11.7. The van der Waals surface area contributed by atoms with Crippen molar-refractivity contribution in [1.82, 2.24) is 5.32 Å². The van der Waals surface area contributed by atoms with Crippen molar-refractivity contribution in [2.24, 2.45) is 11.7 Å². The Morgan fingerprint density at radius 1 is 1.35 bits per heavy atom.